The maximum atomic E-state index is 9.84. The van der Waals surface area contributed by atoms with E-state index >= 15 is 0 Å². The minimum atomic E-state index is 0.359. The second kappa shape index (κ2) is 4.78. The third-order valence-electron chi connectivity index (χ3n) is 4.97. The van der Waals surface area contributed by atoms with Gasteiger partial charge in [-0.25, -0.2) is 0 Å². The molecule has 0 aromatic heterocycles. The van der Waals surface area contributed by atoms with Crippen LogP contribution < -0.4 is 11.1 Å². The first kappa shape index (κ1) is 12.7. The van der Waals surface area contributed by atoms with Gasteiger partial charge < -0.3 is 16.2 Å². The SMILES string of the molecule is Nc1ccc(C2c3ccc(O)cc3C3NCCCC32)cc1. The Balaban J connectivity index is 1.84. The van der Waals surface area contributed by atoms with E-state index in [9.17, 15) is 5.11 Å². The van der Waals surface area contributed by atoms with Crippen LogP contribution in [-0.2, 0) is 0 Å². The Morgan fingerprint density at radius 1 is 1.05 bits per heavy atom. The third kappa shape index (κ3) is 2.00. The number of nitrogens with two attached hydrogens (primary N) is 1. The van der Waals surface area contributed by atoms with Gasteiger partial charge in [0.05, 0.1) is 0 Å². The van der Waals surface area contributed by atoms with Crippen molar-refractivity contribution in [1.29, 1.82) is 0 Å². The van der Waals surface area contributed by atoms with Gasteiger partial charge in [-0.1, -0.05) is 18.2 Å². The van der Waals surface area contributed by atoms with Gasteiger partial charge in [0.1, 0.15) is 5.75 Å². The van der Waals surface area contributed by atoms with Crippen LogP contribution in [0.4, 0.5) is 5.69 Å². The van der Waals surface area contributed by atoms with E-state index in [2.05, 4.69) is 23.5 Å². The van der Waals surface area contributed by atoms with Crippen LogP contribution in [0.15, 0.2) is 42.5 Å². The number of nitrogens with one attached hydrogen (secondary N) is 1. The van der Waals surface area contributed by atoms with E-state index in [0.717, 1.165) is 12.2 Å². The highest BCUT2D eigenvalue weighted by molar-refractivity contribution is 5.51. The van der Waals surface area contributed by atoms with Gasteiger partial charge in [-0.2, -0.15) is 0 Å². The molecule has 0 bridgehead atoms. The summed E-state index contributed by atoms with van der Waals surface area (Å²) in [6.07, 6.45) is 2.44. The smallest absolute Gasteiger partial charge is 0.115 e. The van der Waals surface area contributed by atoms with Crippen molar-refractivity contribution < 1.29 is 5.11 Å². The lowest BCUT2D eigenvalue weighted by Crippen LogP contribution is -2.32. The van der Waals surface area contributed by atoms with Gasteiger partial charge in [-0.15, -0.1) is 0 Å². The van der Waals surface area contributed by atoms with Crippen molar-refractivity contribution in [3.05, 3.63) is 59.2 Å². The van der Waals surface area contributed by atoms with Crippen molar-refractivity contribution >= 4 is 5.69 Å². The number of piperidine rings is 1. The number of hydrogen-bond donors (Lipinski definition) is 3. The zero-order valence-electron chi connectivity index (χ0n) is 11.9. The van der Waals surface area contributed by atoms with Crippen molar-refractivity contribution in [2.75, 3.05) is 12.3 Å². The van der Waals surface area contributed by atoms with Crippen LogP contribution in [0.3, 0.4) is 0 Å². The van der Waals surface area contributed by atoms with Crippen molar-refractivity contribution in [2.24, 2.45) is 5.92 Å². The molecule has 1 saturated heterocycles. The topological polar surface area (TPSA) is 58.3 Å². The Morgan fingerprint density at radius 2 is 1.86 bits per heavy atom. The summed E-state index contributed by atoms with van der Waals surface area (Å²) in [6, 6.07) is 14.5. The molecule has 1 fully saturated rings. The molecule has 0 saturated carbocycles. The van der Waals surface area contributed by atoms with E-state index in [1.807, 2.05) is 18.2 Å². The average Bonchev–Trinajstić information content (AvgIpc) is 2.82. The molecule has 2 aliphatic rings. The van der Waals surface area contributed by atoms with Crippen molar-refractivity contribution in [3.63, 3.8) is 0 Å². The van der Waals surface area contributed by atoms with Crippen molar-refractivity contribution in [1.82, 2.24) is 5.32 Å². The summed E-state index contributed by atoms with van der Waals surface area (Å²) in [5.41, 5.74) is 10.6. The van der Waals surface area contributed by atoms with E-state index in [0.29, 0.717) is 23.6 Å². The molecule has 3 unspecified atom stereocenters. The second-order valence-electron chi connectivity index (χ2n) is 6.20. The van der Waals surface area contributed by atoms with Crippen LogP contribution in [0.25, 0.3) is 0 Å². The quantitative estimate of drug-likeness (QED) is 0.703. The number of hydrogen-bond acceptors (Lipinski definition) is 3. The Labute approximate surface area is 124 Å². The fourth-order valence-electron chi connectivity index (χ4n) is 4.09. The number of rotatable bonds is 1. The molecule has 3 atom stereocenters. The molecule has 3 nitrogen and oxygen atoms in total. The lowest BCUT2D eigenvalue weighted by atomic mass is 9.80. The molecule has 3 heteroatoms. The van der Waals surface area contributed by atoms with Crippen LogP contribution >= 0.6 is 0 Å². The first-order valence-corrected chi connectivity index (χ1v) is 7.65. The van der Waals surface area contributed by atoms with Gasteiger partial charge in [0.2, 0.25) is 0 Å². The highest BCUT2D eigenvalue weighted by Crippen LogP contribution is 2.52. The van der Waals surface area contributed by atoms with E-state index in [4.69, 9.17) is 5.73 Å². The predicted octanol–water partition coefficient (Wildman–Crippen LogP) is 3.16. The largest absolute Gasteiger partial charge is 0.508 e. The van der Waals surface area contributed by atoms with Crippen LogP contribution in [0, 0.1) is 5.92 Å². The Bertz CT molecular complexity index is 665. The van der Waals surface area contributed by atoms with Gasteiger partial charge >= 0.3 is 0 Å². The maximum absolute atomic E-state index is 9.84. The van der Waals surface area contributed by atoms with Crippen molar-refractivity contribution in [3.8, 4) is 5.75 Å². The summed E-state index contributed by atoms with van der Waals surface area (Å²) in [6.45, 7) is 1.06. The number of phenolic OH excluding ortho intramolecular Hbond substituents is 1. The zero-order chi connectivity index (χ0) is 14.4. The van der Waals surface area contributed by atoms with Gasteiger partial charge in [-0.3, -0.25) is 0 Å². The standard InChI is InChI=1S/C18H20N2O/c19-12-5-3-11(4-6-12)17-14-8-7-13(21)10-16(14)18-15(17)2-1-9-20-18/h3-8,10,15,17-18,20-21H,1-2,9,19H2. The number of anilines is 1. The Hall–Kier alpha value is -2.00. The zero-order valence-corrected chi connectivity index (χ0v) is 11.9. The maximum Gasteiger partial charge on any atom is 0.115 e. The molecule has 2 aromatic carbocycles. The number of phenols is 1. The minimum Gasteiger partial charge on any atom is -0.508 e. The van der Waals surface area contributed by atoms with E-state index in [-0.39, 0.29) is 0 Å². The third-order valence-corrected chi connectivity index (χ3v) is 4.97. The molecule has 1 heterocycles. The summed E-state index contributed by atoms with van der Waals surface area (Å²) >= 11 is 0. The summed E-state index contributed by atoms with van der Waals surface area (Å²) in [5.74, 6) is 1.33. The second-order valence-corrected chi connectivity index (χ2v) is 6.20. The molecular weight excluding hydrogens is 260 g/mol. The van der Waals surface area contributed by atoms with Gasteiger partial charge in [0.15, 0.2) is 0 Å². The fourth-order valence-corrected chi connectivity index (χ4v) is 4.09. The highest BCUT2D eigenvalue weighted by Gasteiger charge is 2.42. The lowest BCUT2D eigenvalue weighted by molar-refractivity contribution is 0.286. The molecule has 1 aliphatic carbocycles. The first-order chi connectivity index (χ1) is 10.2. The Kier molecular flexibility index (Phi) is 2.89. The molecule has 4 rings (SSSR count). The minimum absolute atomic E-state index is 0.359. The average molecular weight is 280 g/mol. The molecule has 1 aliphatic heterocycles. The number of nitrogen functional groups attached to an aromatic ring is 1. The van der Waals surface area contributed by atoms with Crippen LogP contribution in [0.1, 0.15) is 41.5 Å². The number of fused-ring (bicyclic) bond motifs is 3. The number of benzene rings is 2. The summed E-state index contributed by atoms with van der Waals surface area (Å²) in [5, 5.41) is 13.5. The highest BCUT2D eigenvalue weighted by atomic mass is 16.3. The van der Waals surface area contributed by atoms with E-state index in [1.54, 1.807) is 6.07 Å². The van der Waals surface area contributed by atoms with Crippen molar-refractivity contribution in [2.45, 2.75) is 24.8 Å². The molecule has 0 amide bonds. The molecule has 2 aromatic rings. The van der Waals surface area contributed by atoms with Crippen LogP contribution in [0.5, 0.6) is 5.75 Å². The Morgan fingerprint density at radius 3 is 2.67 bits per heavy atom. The number of aromatic hydroxyl groups is 1. The summed E-state index contributed by atoms with van der Waals surface area (Å²) < 4.78 is 0. The lowest BCUT2D eigenvalue weighted by Gasteiger charge is -2.31. The molecule has 108 valence electrons. The molecular formula is C18H20N2O. The molecule has 0 radical (unpaired) electrons. The molecule has 21 heavy (non-hydrogen) atoms. The molecule has 4 N–H and O–H groups in total. The normalized spacial score (nSPS) is 27.1. The fraction of sp³-hybridized carbons (Fsp3) is 0.333. The predicted molar refractivity (Wildman–Crippen MR) is 84.3 cm³/mol. The molecule has 0 spiro atoms. The van der Waals surface area contributed by atoms with E-state index in [1.165, 1.54) is 29.5 Å². The van der Waals surface area contributed by atoms with E-state index < -0.39 is 0 Å². The van der Waals surface area contributed by atoms with Crippen LogP contribution in [-0.4, -0.2) is 11.7 Å². The van der Waals surface area contributed by atoms with Gasteiger partial charge in [0, 0.05) is 17.6 Å². The summed E-state index contributed by atoms with van der Waals surface area (Å²) in [4.78, 5) is 0. The van der Waals surface area contributed by atoms with Gasteiger partial charge in [0.25, 0.3) is 0 Å². The van der Waals surface area contributed by atoms with Crippen LogP contribution in [0.2, 0.25) is 0 Å². The monoisotopic (exact) mass is 280 g/mol. The van der Waals surface area contributed by atoms with Gasteiger partial charge in [-0.05, 0) is 66.3 Å². The first-order valence-electron chi connectivity index (χ1n) is 7.65. The summed E-state index contributed by atoms with van der Waals surface area (Å²) in [7, 11) is 0.